The van der Waals surface area contributed by atoms with Crippen LogP contribution in [-0.2, 0) is 9.47 Å². The van der Waals surface area contributed by atoms with Gasteiger partial charge in [0.05, 0.1) is 0 Å². The molecule has 1 aromatic heterocycles. The maximum Gasteiger partial charge on any atom is 0.107 e. The maximum atomic E-state index is 5.96. The Hall–Kier alpha value is -0.420. The Morgan fingerprint density at radius 1 is 1.44 bits per heavy atom. The van der Waals surface area contributed by atoms with Gasteiger partial charge in [0.15, 0.2) is 0 Å². The van der Waals surface area contributed by atoms with Gasteiger partial charge in [0, 0.05) is 31.2 Å². The quantitative estimate of drug-likeness (QED) is 0.748. The van der Waals surface area contributed by atoms with E-state index in [1.165, 1.54) is 10.4 Å². The first-order chi connectivity index (χ1) is 7.66. The highest BCUT2D eigenvalue weighted by atomic mass is 32.1. The van der Waals surface area contributed by atoms with Gasteiger partial charge < -0.3 is 15.2 Å². The van der Waals surface area contributed by atoms with Gasteiger partial charge in [-0.2, -0.15) is 0 Å². The number of hydrogen-bond donors (Lipinski definition) is 1. The smallest absolute Gasteiger partial charge is 0.107 e. The first-order valence-electron chi connectivity index (χ1n) is 5.57. The molecule has 0 aliphatic rings. The van der Waals surface area contributed by atoms with Crippen molar-refractivity contribution in [2.75, 3.05) is 20.3 Å². The van der Waals surface area contributed by atoms with E-state index in [1.54, 1.807) is 18.4 Å². The zero-order chi connectivity index (χ0) is 12.0. The number of nitrogens with two attached hydrogens (primary N) is 1. The molecule has 92 valence electrons. The minimum Gasteiger partial charge on any atom is -0.385 e. The number of ether oxygens (including phenoxy) is 2. The number of aryl methyl sites for hydroxylation is 1. The van der Waals surface area contributed by atoms with Crippen LogP contribution < -0.4 is 5.73 Å². The second-order valence-electron chi connectivity index (χ2n) is 3.96. The lowest BCUT2D eigenvalue weighted by molar-refractivity contribution is 0.0282. The van der Waals surface area contributed by atoms with Gasteiger partial charge in [0.2, 0.25) is 0 Å². The zero-order valence-electron chi connectivity index (χ0n) is 10.2. The molecule has 0 spiro atoms. The normalized spacial score (nSPS) is 15.0. The molecular weight excluding hydrogens is 222 g/mol. The average Bonchev–Trinajstić information content (AvgIpc) is 2.64. The Labute approximate surface area is 102 Å². The first kappa shape index (κ1) is 13.6. The fourth-order valence-corrected chi connectivity index (χ4v) is 2.65. The van der Waals surface area contributed by atoms with Crippen LogP contribution in [0.3, 0.4) is 0 Å². The van der Waals surface area contributed by atoms with Crippen molar-refractivity contribution >= 4 is 11.3 Å². The van der Waals surface area contributed by atoms with Gasteiger partial charge in [0.25, 0.3) is 0 Å². The van der Waals surface area contributed by atoms with Gasteiger partial charge in [-0.05, 0) is 37.3 Å². The average molecular weight is 243 g/mol. The standard InChI is InChI=1S/C12H21NO2S/c1-9-5-8-16-12(9)11(10(2)13)15-7-4-6-14-3/h5,8,10-11H,4,6-7,13H2,1-3H3. The number of thiophene rings is 1. The summed E-state index contributed by atoms with van der Waals surface area (Å²) in [5.41, 5.74) is 7.22. The summed E-state index contributed by atoms with van der Waals surface area (Å²) in [6, 6.07) is 2.12. The molecule has 0 fully saturated rings. The number of rotatable bonds is 7. The summed E-state index contributed by atoms with van der Waals surface area (Å²) >= 11 is 1.71. The molecule has 2 unspecified atom stereocenters. The molecule has 4 heteroatoms. The summed E-state index contributed by atoms with van der Waals surface area (Å²) in [6.45, 7) is 5.51. The van der Waals surface area contributed by atoms with Gasteiger partial charge in [0.1, 0.15) is 6.10 Å². The predicted molar refractivity (Wildman–Crippen MR) is 67.9 cm³/mol. The third-order valence-corrected chi connectivity index (χ3v) is 3.51. The first-order valence-corrected chi connectivity index (χ1v) is 6.45. The fourth-order valence-electron chi connectivity index (χ4n) is 1.56. The summed E-state index contributed by atoms with van der Waals surface area (Å²) in [6.07, 6.45) is 0.918. The van der Waals surface area contributed by atoms with E-state index in [0.29, 0.717) is 6.61 Å². The molecule has 2 atom stereocenters. The largest absolute Gasteiger partial charge is 0.385 e. The van der Waals surface area contributed by atoms with Crippen LogP contribution in [0.15, 0.2) is 11.4 Å². The van der Waals surface area contributed by atoms with E-state index in [1.807, 2.05) is 6.92 Å². The zero-order valence-corrected chi connectivity index (χ0v) is 11.0. The van der Waals surface area contributed by atoms with Crippen molar-refractivity contribution in [3.8, 4) is 0 Å². The second kappa shape index (κ2) is 7.01. The van der Waals surface area contributed by atoms with Crippen LogP contribution in [0.25, 0.3) is 0 Å². The lowest BCUT2D eigenvalue weighted by Gasteiger charge is -2.21. The van der Waals surface area contributed by atoms with Gasteiger partial charge in [-0.15, -0.1) is 11.3 Å². The monoisotopic (exact) mass is 243 g/mol. The fraction of sp³-hybridized carbons (Fsp3) is 0.667. The van der Waals surface area contributed by atoms with Crippen molar-refractivity contribution in [1.82, 2.24) is 0 Å². The van der Waals surface area contributed by atoms with Crippen LogP contribution in [0.2, 0.25) is 0 Å². The lowest BCUT2D eigenvalue weighted by atomic mass is 10.1. The molecule has 0 bridgehead atoms. The third-order valence-electron chi connectivity index (χ3n) is 2.43. The van der Waals surface area contributed by atoms with E-state index in [0.717, 1.165) is 13.0 Å². The van der Waals surface area contributed by atoms with E-state index < -0.39 is 0 Å². The molecule has 1 heterocycles. The molecule has 16 heavy (non-hydrogen) atoms. The molecule has 1 rings (SSSR count). The molecule has 0 saturated heterocycles. The van der Waals surface area contributed by atoms with E-state index in [2.05, 4.69) is 18.4 Å². The van der Waals surface area contributed by atoms with Crippen molar-refractivity contribution in [1.29, 1.82) is 0 Å². The van der Waals surface area contributed by atoms with E-state index in [4.69, 9.17) is 15.2 Å². The molecule has 0 amide bonds. The van der Waals surface area contributed by atoms with Crippen LogP contribution >= 0.6 is 11.3 Å². The van der Waals surface area contributed by atoms with Crippen LogP contribution in [-0.4, -0.2) is 26.4 Å². The van der Waals surface area contributed by atoms with Crippen LogP contribution in [0.5, 0.6) is 0 Å². The molecule has 3 nitrogen and oxygen atoms in total. The maximum absolute atomic E-state index is 5.96. The number of methoxy groups -OCH3 is 1. The van der Waals surface area contributed by atoms with Crippen LogP contribution in [0.1, 0.15) is 29.9 Å². The second-order valence-corrected chi connectivity index (χ2v) is 4.91. The Morgan fingerprint density at radius 2 is 2.19 bits per heavy atom. The highest BCUT2D eigenvalue weighted by molar-refractivity contribution is 7.10. The van der Waals surface area contributed by atoms with Crippen molar-refractivity contribution in [3.05, 3.63) is 21.9 Å². The minimum atomic E-state index is 0.0110. The Balaban J connectivity index is 2.52. The van der Waals surface area contributed by atoms with Gasteiger partial charge in [-0.1, -0.05) is 0 Å². The molecule has 0 aliphatic carbocycles. The van der Waals surface area contributed by atoms with E-state index in [9.17, 15) is 0 Å². The van der Waals surface area contributed by atoms with Crippen LogP contribution in [0.4, 0.5) is 0 Å². The molecule has 0 radical (unpaired) electrons. The SMILES string of the molecule is COCCCOC(c1sccc1C)C(C)N. The lowest BCUT2D eigenvalue weighted by Crippen LogP contribution is -2.27. The van der Waals surface area contributed by atoms with Crippen molar-refractivity contribution < 1.29 is 9.47 Å². The Bertz CT molecular complexity index is 299. The molecule has 0 aromatic carbocycles. The summed E-state index contributed by atoms with van der Waals surface area (Å²) in [4.78, 5) is 1.24. The predicted octanol–water partition coefficient (Wildman–Crippen LogP) is 2.50. The molecule has 0 aliphatic heterocycles. The molecule has 2 N–H and O–H groups in total. The highest BCUT2D eigenvalue weighted by Crippen LogP contribution is 2.28. The van der Waals surface area contributed by atoms with Crippen molar-refractivity contribution in [2.45, 2.75) is 32.4 Å². The van der Waals surface area contributed by atoms with Crippen molar-refractivity contribution in [3.63, 3.8) is 0 Å². The molecule has 0 saturated carbocycles. The summed E-state index contributed by atoms with van der Waals surface area (Å²) in [5, 5.41) is 2.08. The molecular formula is C12H21NO2S. The molecule has 1 aromatic rings. The van der Waals surface area contributed by atoms with Gasteiger partial charge in [-0.25, -0.2) is 0 Å². The number of hydrogen-bond acceptors (Lipinski definition) is 4. The summed E-state index contributed by atoms with van der Waals surface area (Å²) in [5.74, 6) is 0. The van der Waals surface area contributed by atoms with Gasteiger partial charge >= 0.3 is 0 Å². The van der Waals surface area contributed by atoms with Crippen molar-refractivity contribution in [2.24, 2.45) is 5.73 Å². The minimum absolute atomic E-state index is 0.0110. The van der Waals surface area contributed by atoms with Crippen LogP contribution in [0, 0.1) is 6.92 Å². The Morgan fingerprint density at radius 3 is 2.69 bits per heavy atom. The van der Waals surface area contributed by atoms with Gasteiger partial charge in [-0.3, -0.25) is 0 Å². The van der Waals surface area contributed by atoms with E-state index >= 15 is 0 Å². The summed E-state index contributed by atoms with van der Waals surface area (Å²) < 4.78 is 10.8. The topological polar surface area (TPSA) is 44.5 Å². The van der Waals surface area contributed by atoms with E-state index in [-0.39, 0.29) is 12.1 Å². The highest BCUT2D eigenvalue weighted by Gasteiger charge is 2.19. The third kappa shape index (κ3) is 3.87. The summed E-state index contributed by atoms with van der Waals surface area (Å²) in [7, 11) is 1.70. The Kier molecular flexibility index (Phi) is 5.98.